The Bertz CT molecular complexity index is 508. The van der Waals surface area contributed by atoms with Crippen LogP contribution >= 0.6 is 11.6 Å². The molecule has 0 radical (unpaired) electrons. The summed E-state index contributed by atoms with van der Waals surface area (Å²) in [5, 5.41) is 3.85. The summed E-state index contributed by atoms with van der Waals surface area (Å²) >= 11 is 5.95. The summed E-state index contributed by atoms with van der Waals surface area (Å²) in [6.07, 6.45) is 0. The van der Waals surface area contributed by atoms with Crippen molar-refractivity contribution in [2.24, 2.45) is 0 Å². The Labute approximate surface area is 105 Å². The Morgan fingerprint density at radius 2 is 2.12 bits per heavy atom. The lowest BCUT2D eigenvalue weighted by Gasteiger charge is -2.08. The van der Waals surface area contributed by atoms with E-state index in [4.69, 9.17) is 20.8 Å². The minimum absolute atomic E-state index is 0.604. The van der Waals surface area contributed by atoms with Crippen LogP contribution in [0.25, 0.3) is 0 Å². The molecule has 0 amide bonds. The number of nitrogens with one attached hydrogen (secondary N) is 1. The zero-order valence-electron chi connectivity index (χ0n) is 9.79. The first-order valence-corrected chi connectivity index (χ1v) is 5.69. The van der Waals surface area contributed by atoms with Crippen LogP contribution in [0.5, 0.6) is 5.75 Å². The summed E-state index contributed by atoms with van der Waals surface area (Å²) in [5.41, 5.74) is 0.945. The van der Waals surface area contributed by atoms with Crippen LogP contribution in [-0.2, 0) is 6.54 Å². The second kappa shape index (κ2) is 5.15. The average Bonchev–Trinajstić information content (AvgIpc) is 2.74. The summed E-state index contributed by atoms with van der Waals surface area (Å²) in [7, 11) is 1.60. The highest BCUT2D eigenvalue weighted by atomic mass is 35.5. The van der Waals surface area contributed by atoms with Gasteiger partial charge in [0.05, 0.1) is 18.7 Å². The number of hydrogen-bond acceptors (Lipinski definition) is 3. The fraction of sp³-hybridized carbons (Fsp3) is 0.231. The first-order valence-electron chi connectivity index (χ1n) is 5.32. The number of rotatable bonds is 4. The van der Waals surface area contributed by atoms with Gasteiger partial charge in [-0.05, 0) is 31.2 Å². The summed E-state index contributed by atoms with van der Waals surface area (Å²) in [6, 6.07) is 9.46. The minimum Gasteiger partial charge on any atom is -0.495 e. The maximum Gasteiger partial charge on any atom is 0.139 e. The van der Waals surface area contributed by atoms with E-state index >= 15 is 0 Å². The standard InChI is InChI=1S/C13H14ClNO2/c1-9-3-5-11(17-9)8-15-10-4-6-12(14)13(7-10)16-2/h3-7,15H,8H2,1-2H3. The van der Waals surface area contributed by atoms with Gasteiger partial charge >= 0.3 is 0 Å². The molecule has 0 unspecified atom stereocenters. The molecule has 1 N–H and O–H groups in total. The van der Waals surface area contributed by atoms with E-state index in [-0.39, 0.29) is 0 Å². The van der Waals surface area contributed by atoms with Crippen molar-refractivity contribution in [3.63, 3.8) is 0 Å². The van der Waals surface area contributed by atoms with E-state index in [0.717, 1.165) is 17.2 Å². The van der Waals surface area contributed by atoms with Crippen molar-refractivity contribution >= 4 is 17.3 Å². The van der Waals surface area contributed by atoms with E-state index in [9.17, 15) is 0 Å². The number of methoxy groups -OCH3 is 1. The zero-order valence-corrected chi connectivity index (χ0v) is 10.5. The van der Waals surface area contributed by atoms with Gasteiger partial charge in [-0.1, -0.05) is 11.6 Å². The second-order valence-corrected chi connectivity index (χ2v) is 4.12. The molecule has 17 heavy (non-hydrogen) atoms. The van der Waals surface area contributed by atoms with Gasteiger partial charge in [-0.15, -0.1) is 0 Å². The Morgan fingerprint density at radius 1 is 1.29 bits per heavy atom. The highest BCUT2D eigenvalue weighted by Crippen LogP contribution is 2.27. The first kappa shape index (κ1) is 11.9. The lowest BCUT2D eigenvalue weighted by molar-refractivity contribution is 0.415. The molecule has 0 saturated heterocycles. The molecule has 4 heteroatoms. The Kier molecular flexibility index (Phi) is 3.59. The molecule has 0 aliphatic rings. The van der Waals surface area contributed by atoms with Gasteiger partial charge in [0.1, 0.15) is 17.3 Å². The normalized spacial score (nSPS) is 10.3. The van der Waals surface area contributed by atoms with Crippen molar-refractivity contribution in [3.8, 4) is 5.75 Å². The van der Waals surface area contributed by atoms with Gasteiger partial charge in [0.15, 0.2) is 0 Å². The van der Waals surface area contributed by atoms with Gasteiger partial charge in [0.25, 0.3) is 0 Å². The van der Waals surface area contributed by atoms with Crippen molar-refractivity contribution in [3.05, 3.63) is 46.9 Å². The molecule has 1 aromatic carbocycles. The van der Waals surface area contributed by atoms with Gasteiger partial charge in [0.2, 0.25) is 0 Å². The molecule has 0 fully saturated rings. The van der Waals surface area contributed by atoms with Crippen molar-refractivity contribution in [2.75, 3.05) is 12.4 Å². The Hall–Kier alpha value is -1.61. The predicted molar refractivity (Wildman–Crippen MR) is 68.8 cm³/mol. The summed E-state index contributed by atoms with van der Waals surface area (Å²) in [4.78, 5) is 0. The summed E-state index contributed by atoms with van der Waals surface area (Å²) in [5.74, 6) is 2.47. The summed E-state index contributed by atoms with van der Waals surface area (Å²) in [6.45, 7) is 2.56. The van der Waals surface area contributed by atoms with E-state index in [1.54, 1.807) is 13.2 Å². The van der Waals surface area contributed by atoms with Crippen LogP contribution in [0, 0.1) is 6.92 Å². The van der Waals surface area contributed by atoms with Gasteiger partial charge in [-0.25, -0.2) is 0 Å². The quantitative estimate of drug-likeness (QED) is 0.896. The number of anilines is 1. The van der Waals surface area contributed by atoms with Gasteiger partial charge in [-0.2, -0.15) is 0 Å². The van der Waals surface area contributed by atoms with Gasteiger partial charge < -0.3 is 14.5 Å². The number of aryl methyl sites for hydroxylation is 1. The maximum absolute atomic E-state index is 5.95. The zero-order chi connectivity index (χ0) is 12.3. The molecule has 0 aliphatic carbocycles. The smallest absolute Gasteiger partial charge is 0.139 e. The first-order chi connectivity index (χ1) is 8.19. The molecule has 0 spiro atoms. The SMILES string of the molecule is COc1cc(NCc2ccc(C)o2)ccc1Cl. The fourth-order valence-corrected chi connectivity index (χ4v) is 1.73. The van der Waals surface area contributed by atoms with E-state index in [2.05, 4.69) is 5.32 Å². The second-order valence-electron chi connectivity index (χ2n) is 3.72. The van der Waals surface area contributed by atoms with Gasteiger partial charge in [0, 0.05) is 11.8 Å². The molecule has 0 atom stereocenters. The van der Waals surface area contributed by atoms with Crippen LogP contribution in [0.3, 0.4) is 0 Å². The molecule has 3 nitrogen and oxygen atoms in total. The third-order valence-corrected chi connectivity index (χ3v) is 2.73. The highest BCUT2D eigenvalue weighted by Gasteiger charge is 2.03. The largest absolute Gasteiger partial charge is 0.495 e. The number of halogens is 1. The van der Waals surface area contributed by atoms with Crippen molar-refractivity contribution < 1.29 is 9.15 Å². The van der Waals surface area contributed by atoms with Crippen LogP contribution in [-0.4, -0.2) is 7.11 Å². The lowest BCUT2D eigenvalue weighted by atomic mass is 10.3. The Morgan fingerprint density at radius 3 is 2.76 bits per heavy atom. The van der Waals surface area contributed by atoms with Crippen molar-refractivity contribution in [2.45, 2.75) is 13.5 Å². The van der Waals surface area contributed by atoms with Crippen LogP contribution in [0.4, 0.5) is 5.69 Å². The summed E-state index contributed by atoms with van der Waals surface area (Å²) < 4.78 is 10.6. The number of benzene rings is 1. The molecule has 1 heterocycles. The molecule has 90 valence electrons. The van der Waals surface area contributed by atoms with E-state index in [1.807, 2.05) is 31.2 Å². The molecular weight excluding hydrogens is 238 g/mol. The maximum atomic E-state index is 5.95. The average molecular weight is 252 g/mol. The number of hydrogen-bond donors (Lipinski definition) is 1. The third-order valence-electron chi connectivity index (χ3n) is 2.41. The number of furan rings is 1. The van der Waals surface area contributed by atoms with Crippen molar-refractivity contribution in [1.29, 1.82) is 0 Å². The van der Waals surface area contributed by atoms with Crippen LogP contribution in [0.1, 0.15) is 11.5 Å². The minimum atomic E-state index is 0.604. The Balaban J connectivity index is 2.04. The predicted octanol–water partition coefficient (Wildman–Crippen LogP) is 3.86. The third kappa shape index (κ3) is 2.94. The molecule has 0 bridgehead atoms. The van der Waals surface area contributed by atoms with E-state index in [0.29, 0.717) is 17.3 Å². The highest BCUT2D eigenvalue weighted by molar-refractivity contribution is 6.32. The van der Waals surface area contributed by atoms with E-state index in [1.165, 1.54) is 0 Å². The lowest BCUT2D eigenvalue weighted by Crippen LogP contribution is -1.98. The molecule has 0 saturated carbocycles. The van der Waals surface area contributed by atoms with E-state index < -0.39 is 0 Å². The van der Waals surface area contributed by atoms with Crippen LogP contribution in [0.15, 0.2) is 34.7 Å². The topological polar surface area (TPSA) is 34.4 Å². The van der Waals surface area contributed by atoms with Crippen LogP contribution < -0.4 is 10.1 Å². The molecule has 0 aliphatic heterocycles. The monoisotopic (exact) mass is 251 g/mol. The molecule has 1 aromatic heterocycles. The van der Waals surface area contributed by atoms with Gasteiger partial charge in [-0.3, -0.25) is 0 Å². The van der Waals surface area contributed by atoms with Crippen molar-refractivity contribution in [1.82, 2.24) is 0 Å². The fourth-order valence-electron chi connectivity index (χ4n) is 1.54. The molecule has 2 aromatic rings. The molecule has 2 rings (SSSR count). The number of ether oxygens (including phenoxy) is 1. The molecular formula is C13H14ClNO2. The van der Waals surface area contributed by atoms with Crippen LogP contribution in [0.2, 0.25) is 5.02 Å².